The molecule has 1 aromatic carbocycles. The van der Waals surface area contributed by atoms with Gasteiger partial charge < -0.3 is 11.1 Å². The molecule has 1 aliphatic rings. The predicted molar refractivity (Wildman–Crippen MR) is 77.7 cm³/mol. The molecule has 0 spiro atoms. The lowest BCUT2D eigenvalue weighted by Gasteiger charge is -2.20. The van der Waals surface area contributed by atoms with Gasteiger partial charge in [0.1, 0.15) is 0 Å². The van der Waals surface area contributed by atoms with Crippen molar-refractivity contribution in [2.45, 2.75) is 51.1 Å². The first-order valence-corrected chi connectivity index (χ1v) is 7.26. The molecule has 3 atom stereocenters. The van der Waals surface area contributed by atoms with Crippen LogP contribution in [0.5, 0.6) is 0 Å². The summed E-state index contributed by atoms with van der Waals surface area (Å²) in [5.41, 5.74) is 7.21. The van der Waals surface area contributed by atoms with E-state index in [2.05, 4.69) is 24.4 Å². The average Bonchev–Trinajstić information content (AvgIpc) is 2.82. The van der Waals surface area contributed by atoms with Gasteiger partial charge in [-0.1, -0.05) is 43.7 Å². The largest absolute Gasteiger partial charge is 0.352 e. The Kier molecular flexibility index (Phi) is 4.97. The van der Waals surface area contributed by atoms with E-state index >= 15 is 0 Å². The molecule has 3 N–H and O–H groups in total. The maximum Gasteiger partial charge on any atom is 0.237 e. The van der Waals surface area contributed by atoms with Gasteiger partial charge in [-0.15, -0.1) is 0 Å². The topological polar surface area (TPSA) is 55.1 Å². The number of carbonyl (C=O) groups excluding carboxylic acids is 1. The molecule has 0 radical (unpaired) electrons. The van der Waals surface area contributed by atoms with Crippen LogP contribution < -0.4 is 11.1 Å². The van der Waals surface area contributed by atoms with E-state index in [1.54, 1.807) is 0 Å². The maximum absolute atomic E-state index is 12.0. The van der Waals surface area contributed by atoms with Crippen LogP contribution in [0.3, 0.4) is 0 Å². The second kappa shape index (κ2) is 6.71. The number of carbonyl (C=O) groups is 1. The molecule has 3 heteroatoms. The van der Waals surface area contributed by atoms with Gasteiger partial charge in [-0.05, 0) is 37.2 Å². The zero-order valence-electron chi connectivity index (χ0n) is 11.6. The summed E-state index contributed by atoms with van der Waals surface area (Å²) in [5.74, 6) is 0.597. The summed E-state index contributed by atoms with van der Waals surface area (Å²) in [7, 11) is 0. The van der Waals surface area contributed by atoms with Crippen molar-refractivity contribution in [3.05, 3.63) is 35.9 Å². The third kappa shape index (κ3) is 4.06. The van der Waals surface area contributed by atoms with Gasteiger partial charge in [0.2, 0.25) is 5.91 Å². The molecule has 2 rings (SSSR count). The highest BCUT2D eigenvalue weighted by Gasteiger charge is 2.26. The van der Waals surface area contributed by atoms with Crippen LogP contribution in [0, 0.1) is 5.92 Å². The highest BCUT2D eigenvalue weighted by Crippen LogP contribution is 2.24. The first kappa shape index (κ1) is 14.1. The Labute approximate surface area is 115 Å². The van der Waals surface area contributed by atoms with Crippen molar-refractivity contribution in [1.82, 2.24) is 5.32 Å². The van der Waals surface area contributed by atoms with Gasteiger partial charge in [-0.25, -0.2) is 0 Å². The number of hydrogen-bond donors (Lipinski definition) is 2. The van der Waals surface area contributed by atoms with E-state index in [9.17, 15) is 4.79 Å². The van der Waals surface area contributed by atoms with Crippen LogP contribution in [0.15, 0.2) is 30.3 Å². The van der Waals surface area contributed by atoms with Crippen LogP contribution in [0.2, 0.25) is 0 Å². The summed E-state index contributed by atoms with van der Waals surface area (Å²) in [6, 6.07) is 10.1. The van der Waals surface area contributed by atoms with Crippen molar-refractivity contribution in [2.24, 2.45) is 11.7 Å². The van der Waals surface area contributed by atoms with Gasteiger partial charge in [0, 0.05) is 6.04 Å². The van der Waals surface area contributed by atoms with Gasteiger partial charge in [0.25, 0.3) is 0 Å². The van der Waals surface area contributed by atoms with Gasteiger partial charge in [-0.3, -0.25) is 4.79 Å². The van der Waals surface area contributed by atoms with E-state index in [-0.39, 0.29) is 5.91 Å². The molecule has 1 aromatic rings. The number of nitrogens with one attached hydrogen (secondary N) is 1. The first-order valence-electron chi connectivity index (χ1n) is 7.26. The molecule has 2 unspecified atom stereocenters. The van der Waals surface area contributed by atoms with Crippen LogP contribution >= 0.6 is 0 Å². The summed E-state index contributed by atoms with van der Waals surface area (Å²) >= 11 is 0. The minimum absolute atomic E-state index is 0.00896. The Bertz CT molecular complexity index is 404. The second-order valence-electron chi connectivity index (χ2n) is 5.65. The fourth-order valence-corrected chi connectivity index (χ4v) is 2.75. The first-order chi connectivity index (χ1) is 9.16. The van der Waals surface area contributed by atoms with Crippen molar-refractivity contribution in [1.29, 1.82) is 0 Å². The molecule has 3 nitrogen and oxygen atoms in total. The predicted octanol–water partition coefficient (Wildman–Crippen LogP) is 2.25. The summed E-state index contributed by atoms with van der Waals surface area (Å²) < 4.78 is 0. The van der Waals surface area contributed by atoms with Crippen LogP contribution in [-0.2, 0) is 11.2 Å². The summed E-state index contributed by atoms with van der Waals surface area (Å²) in [6.45, 7) is 2.20. The normalized spacial score (nSPS) is 24.1. The minimum atomic E-state index is -0.395. The molecular formula is C16H24N2O. The standard InChI is InChI=1S/C16H24N2O/c1-12-6-5-9-15(12)18-16(19)14(17)11-10-13-7-3-2-4-8-13/h2-4,7-8,12,14-15H,5-6,9-11,17H2,1H3,(H,18,19)/t12?,14-,15?/m0/s1. The smallest absolute Gasteiger partial charge is 0.237 e. The Morgan fingerprint density at radius 3 is 2.74 bits per heavy atom. The number of hydrogen-bond acceptors (Lipinski definition) is 2. The quantitative estimate of drug-likeness (QED) is 0.853. The minimum Gasteiger partial charge on any atom is -0.352 e. The second-order valence-corrected chi connectivity index (χ2v) is 5.65. The Balaban J connectivity index is 1.76. The number of nitrogens with two attached hydrogens (primary N) is 1. The maximum atomic E-state index is 12.0. The van der Waals surface area contributed by atoms with Crippen molar-refractivity contribution >= 4 is 5.91 Å². The van der Waals surface area contributed by atoms with Gasteiger partial charge in [0.05, 0.1) is 6.04 Å². The van der Waals surface area contributed by atoms with Crippen LogP contribution in [0.25, 0.3) is 0 Å². The average molecular weight is 260 g/mol. The Hall–Kier alpha value is -1.35. The molecule has 19 heavy (non-hydrogen) atoms. The fourth-order valence-electron chi connectivity index (χ4n) is 2.75. The summed E-state index contributed by atoms with van der Waals surface area (Å²) in [4.78, 5) is 12.0. The molecular weight excluding hydrogens is 236 g/mol. The highest BCUT2D eigenvalue weighted by atomic mass is 16.2. The highest BCUT2D eigenvalue weighted by molar-refractivity contribution is 5.81. The van der Waals surface area contributed by atoms with Crippen molar-refractivity contribution in [3.8, 4) is 0 Å². The molecule has 0 heterocycles. The zero-order valence-corrected chi connectivity index (χ0v) is 11.6. The van der Waals surface area contributed by atoms with E-state index < -0.39 is 6.04 Å². The lowest BCUT2D eigenvalue weighted by molar-refractivity contribution is -0.123. The SMILES string of the molecule is CC1CCCC1NC(=O)[C@@H](N)CCc1ccccc1. The summed E-state index contributed by atoms with van der Waals surface area (Å²) in [5, 5.41) is 3.10. The molecule has 1 saturated carbocycles. The van der Waals surface area contributed by atoms with Crippen LogP contribution in [0.1, 0.15) is 38.2 Å². The van der Waals surface area contributed by atoms with Crippen molar-refractivity contribution < 1.29 is 4.79 Å². The lowest BCUT2D eigenvalue weighted by Crippen LogP contribution is -2.46. The molecule has 0 aromatic heterocycles. The van der Waals surface area contributed by atoms with E-state index in [0.29, 0.717) is 18.4 Å². The van der Waals surface area contributed by atoms with E-state index in [4.69, 9.17) is 5.73 Å². The lowest BCUT2D eigenvalue weighted by atomic mass is 10.0. The third-order valence-corrected chi connectivity index (χ3v) is 4.11. The summed E-state index contributed by atoms with van der Waals surface area (Å²) in [6.07, 6.45) is 5.08. The van der Waals surface area contributed by atoms with Crippen molar-refractivity contribution in [3.63, 3.8) is 0 Å². The molecule has 1 amide bonds. The van der Waals surface area contributed by atoms with Gasteiger partial charge in [-0.2, -0.15) is 0 Å². The molecule has 1 aliphatic carbocycles. The number of rotatable bonds is 5. The van der Waals surface area contributed by atoms with E-state index in [0.717, 1.165) is 12.8 Å². The monoisotopic (exact) mass is 260 g/mol. The number of benzene rings is 1. The zero-order chi connectivity index (χ0) is 13.7. The van der Waals surface area contributed by atoms with E-state index in [1.165, 1.54) is 18.4 Å². The van der Waals surface area contributed by atoms with E-state index in [1.807, 2.05) is 18.2 Å². The Morgan fingerprint density at radius 1 is 1.37 bits per heavy atom. The fraction of sp³-hybridized carbons (Fsp3) is 0.562. The molecule has 104 valence electrons. The molecule has 0 saturated heterocycles. The van der Waals surface area contributed by atoms with Gasteiger partial charge in [0.15, 0.2) is 0 Å². The van der Waals surface area contributed by atoms with Crippen LogP contribution in [0.4, 0.5) is 0 Å². The van der Waals surface area contributed by atoms with Crippen molar-refractivity contribution in [2.75, 3.05) is 0 Å². The molecule has 0 aliphatic heterocycles. The molecule has 0 bridgehead atoms. The Morgan fingerprint density at radius 2 is 2.11 bits per heavy atom. The third-order valence-electron chi connectivity index (χ3n) is 4.11. The number of aryl methyl sites for hydroxylation is 1. The molecule has 1 fully saturated rings. The van der Waals surface area contributed by atoms with Gasteiger partial charge >= 0.3 is 0 Å². The van der Waals surface area contributed by atoms with Crippen LogP contribution in [-0.4, -0.2) is 18.0 Å². The number of amides is 1.